The number of nitrogens with one attached hydrogen (secondary N) is 2. The van der Waals surface area contributed by atoms with Crippen LogP contribution in [0.4, 0.5) is 11.6 Å². The minimum atomic E-state index is -3.33. The third-order valence-corrected chi connectivity index (χ3v) is 9.10. The number of tetrazole rings is 1. The van der Waals surface area contributed by atoms with Gasteiger partial charge in [0.15, 0.2) is 0 Å². The molecule has 0 unspecified atom stereocenters. The molecule has 0 atom stereocenters. The second kappa shape index (κ2) is 9.24. The highest BCUT2D eigenvalue weighted by Crippen LogP contribution is 2.37. The van der Waals surface area contributed by atoms with E-state index in [1.165, 1.54) is 15.6 Å². The number of nitrogens with zero attached hydrogens (tertiary/aromatic N) is 9. The number of H-pyrrole nitrogens is 1. The summed E-state index contributed by atoms with van der Waals surface area (Å²) in [5.74, 6) is 0.945. The molecule has 5 aromatic rings. The van der Waals surface area contributed by atoms with Gasteiger partial charge in [-0.15, -0.1) is 21.5 Å². The molecule has 0 amide bonds. The van der Waals surface area contributed by atoms with Crippen LogP contribution in [0.2, 0.25) is 0 Å². The van der Waals surface area contributed by atoms with Gasteiger partial charge < -0.3 is 5.32 Å². The van der Waals surface area contributed by atoms with E-state index in [9.17, 15) is 13.7 Å². The Labute approximate surface area is 221 Å². The molecule has 1 aromatic carbocycles. The van der Waals surface area contributed by atoms with Crippen molar-refractivity contribution in [3.8, 4) is 28.7 Å². The molecular weight excluding hydrogens is 526 g/mol. The summed E-state index contributed by atoms with van der Waals surface area (Å²) in [7, 11) is -3.33. The third kappa shape index (κ3) is 4.18. The largest absolute Gasteiger partial charge is 0.324 e. The van der Waals surface area contributed by atoms with Gasteiger partial charge >= 0.3 is 0 Å². The van der Waals surface area contributed by atoms with Crippen molar-refractivity contribution in [2.75, 3.05) is 24.2 Å². The van der Waals surface area contributed by atoms with Crippen LogP contribution in [-0.2, 0) is 15.6 Å². The summed E-state index contributed by atoms with van der Waals surface area (Å²) < 4.78 is 27.7. The first-order chi connectivity index (χ1) is 18.4. The van der Waals surface area contributed by atoms with Crippen LogP contribution < -0.4 is 5.32 Å². The maximum absolute atomic E-state index is 12.3. The molecule has 0 aliphatic carbocycles. The number of aromatic amines is 1. The Morgan fingerprint density at radius 1 is 1.18 bits per heavy atom. The molecule has 0 radical (unpaired) electrons. The van der Waals surface area contributed by atoms with Gasteiger partial charge in [-0.3, -0.25) is 4.68 Å². The van der Waals surface area contributed by atoms with Crippen LogP contribution in [0.5, 0.6) is 0 Å². The zero-order chi connectivity index (χ0) is 26.3. The summed E-state index contributed by atoms with van der Waals surface area (Å²) in [5.41, 5.74) is 2.34. The molecule has 0 spiro atoms. The SMILES string of the molecule is CCS(=O)(=O)N1CC(CC#N)(n2cc(-c3nc(Nc4ccc(-c5nn[nH]n5)cc4)nc4sccc34)cn2)C1. The van der Waals surface area contributed by atoms with Gasteiger partial charge in [0.1, 0.15) is 10.4 Å². The Kier molecular flexibility index (Phi) is 5.86. The molecule has 38 heavy (non-hydrogen) atoms. The topological polar surface area (TPSA) is 171 Å². The van der Waals surface area contributed by atoms with Crippen molar-refractivity contribution in [1.82, 2.24) is 44.7 Å². The van der Waals surface area contributed by atoms with Gasteiger partial charge in [-0.05, 0) is 47.8 Å². The van der Waals surface area contributed by atoms with Gasteiger partial charge in [-0.2, -0.15) is 19.9 Å². The number of hydrogen-bond acceptors (Lipinski definition) is 11. The smallest absolute Gasteiger partial charge is 0.229 e. The zero-order valence-corrected chi connectivity index (χ0v) is 21.7. The lowest BCUT2D eigenvalue weighted by molar-refractivity contribution is 0.0719. The number of anilines is 2. The fourth-order valence-corrected chi connectivity index (χ4v) is 6.43. The molecular formula is C23H21N11O2S2. The Morgan fingerprint density at radius 3 is 2.71 bits per heavy atom. The second-order valence-electron chi connectivity index (χ2n) is 8.87. The number of hydrogen-bond donors (Lipinski definition) is 2. The highest BCUT2D eigenvalue weighted by Gasteiger charge is 2.49. The fourth-order valence-electron chi connectivity index (χ4n) is 4.43. The van der Waals surface area contributed by atoms with Gasteiger partial charge in [0, 0.05) is 41.5 Å². The quantitative estimate of drug-likeness (QED) is 0.294. The van der Waals surface area contributed by atoms with Gasteiger partial charge in [-0.1, -0.05) is 0 Å². The number of thiophene rings is 1. The number of benzene rings is 1. The predicted molar refractivity (Wildman–Crippen MR) is 141 cm³/mol. The van der Waals surface area contributed by atoms with E-state index in [0.717, 1.165) is 27.0 Å². The minimum absolute atomic E-state index is 0.0205. The molecule has 192 valence electrons. The number of aromatic nitrogens is 8. The van der Waals surface area contributed by atoms with Crippen LogP contribution in [-0.4, -0.2) is 71.9 Å². The molecule has 6 rings (SSSR count). The van der Waals surface area contributed by atoms with E-state index in [4.69, 9.17) is 4.98 Å². The molecule has 0 bridgehead atoms. The summed E-state index contributed by atoms with van der Waals surface area (Å²) in [6.07, 6.45) is 3.67. The highest BCUT2D eigenvalue weighted by atomic mass is 32.2. The lowest BCUT2D eigenvalue weighted by Gasteiger charge is -2.47. The minimum Gasteiger partial charge on any atom is -0.324 e. The Balaban J connectivity index is 1.30. The molecule has 1 aliphatic rings. The lowest BCUT2D eigenvalue weighted by Crippen LogP contribution is -2.64. The van der Waals surface area contributed by atoms with Gasteiger partial charge in [0.05, 0.1) is 30.1 Å². The summed E-state index contributed by atoms with van der Waals surface area (Å²) in [6, 6.07) is 11.7. The normalized spacial score (nSPS) is 15.3. The van der Waals surface area contributed by atoms with Crippen LogP contribution in [0.15, 0.2) is 48.1 Å². The first-order valence-electron chi connectivity index (χ1n) is 11.7. The predicted octanol–water partition coefficient (Wildman–Crippen LogP) is 2.75. The first-order valence-corrected chi connectivity index (χ1v) is 14.2. The van der Waals surface area contributed by atoms with Crippen LogP contribution in [0.25, 0.3) is 32.9 Å². The van der Waals surface area contributed by atoms with Crippen molar-refractivity contribution in [2.24, 2.45) is 0 Å². The number of sulfonamides is 1. The summed E-state index contributed by atoms with van der Waals surface area (Å²) in [6.45, 7) is 2.03. The van der Waals surface area contributed by atoms with Crippen molar-refractivity contribution in [3.63, 3.8) is 0 Å². The Bertz CT molecular complexity index is 1750. The van der Waals surface area contributed by atoms with E-state index in [1.807, 2.05) is 41.9 Å². The standard InChI is InChI=1S/C23H21N11O2S2/c1-2-38(35,36)33-13-23(14-33,8-9-24)34-12-16(11-25-34)19-18-7-10-37-21(18)28-22(27-19)26-17-5-3-15(4-6-17)20-29-31-32-30-20/h3-7,10-12H,2,8,13-14H2,1H3,(H,26,27,28)(H,29,30,31,32). The number of rotatable bonds is 8. The van der Waals surface area contributed by atoms with E-state index in [-0.39, 0.29) is 25.3 Å². The Hall–Kier alpha value is -4.26. The molecule has 13 nitrogen and oxygen atoms in total. The van der Waals surface area contributed by atoms with Crippen molar-refractivity contribution < 1.29 is 8.42 Å². The summed E-state index contributed by atoms with van der Waals surface area (Å²) in [5, 5.41) is 34.1. The van der Waals surface area contributed by atoms with Gasteiger partial charge in [0.25, 0.3) is 0 Å². The Morgan fingerprint density at radius 2 is 2.00 bits per heavy atom. The molecule has 5 heterocycles. The third-order valence-electron chi connectivity index (χ3n) is 6.52. The molecule has 1 saturated heterocycles. The molecule has 2 N–H and O–H groups in total. The number of fused-ring (bicyclic) bond motifs is 1. The van der Waals surface area contributed by atoms with Gasteiger partial charge in [0.2, 0.25) is 21.8 Å². The van der Waals surface area contributed by atoms with Crippen molar-refractivity contribution in [3.05, 3.63) is 48.1 Å². The average molecular weight is 548 g/mol. The zero-order valence-electron chi connectivity index (χ0n) is 20.1. The van der Waals surface area contributed by atoms with Crippen LogP contribution in [0.1, 0.15) is 13.3 Å². The summed E-state index contributed by atoms with van der Waals surface area (Å²) >= 11 is 1.50. The highest BCUT2D eigenvalue weighted by molar-refractivity contribution is 7.89. The molecule has 15 heteroatoms. The van der Waals surface area contributed by atoms with Crippen LogP contribution in [0, 0.1) is 11.3 Å². The number of nitriles is 1. The van der Waals surface area contributed by atoms with E-state index >= 15 is 0 Å². The maximum atomic E-state index is 12.3. The van der Waals surface area contributed by atoms with E-state index < -0.39 is 15.6 Å². The first kappa shape index (κ1) is 24.1. The lowest BCUT2D eigenvalue weighted by atomic mass is 9.89. The molecule has 1 fully saturated rings. The second-order valence-corrected chi connectivity index (χ2v) is 12.0. The van der Waals surface area contributed by atoms with E-state index in [1.54, 1.807) is 17.8 Å². The average Bonchev–Trinajstić information content (AvgIpc) is 3.68. The monoisotopic (exact) mass is 547 g/mol. The molecule has 4 aromatic heterocycles. The molecule has 0 saturated carbocycles. The van der Waals surface area contributed by atoms with E-state index in [0.29, 0.717) is 17.5 Å². The van der Waals surface area contributed by atoms with Crippen molar-refractivity contribution in [1.29, 1.82) is 5.26 Å². The van der Waals surface area contributed by atoms with Crippen molar-refractivity contribution in [2.45, 2.75) is 18.9 Å². The van der Waals surface area contributed by atoms with Crippen LogP contribution >= 0.6 is 11.3 Å². The van der Waals surface area contributed by atoms with Crippen LogP contribution in [0.3, 0.4) is 0 Å². The maximum Gasteiger partial charge on any atom is 0.229 e. The van der Waals surface area contributed by atoms with Crippen molar-refractivity contribution >= 4 is 43.2 Å². The van der Waals surface area contributed by atoms with Gasteiger partial charge in [-0.25, -0.2) is 18.4 Å². The molecule has 1 aliphatic heterocycles. The fraction of sp³-hybridized carbons (Fsp3) is 0.261. The summed E-state index contributed by atoms with van der Waals surface area (Å²) in [4.78, 5) is 10.3. The van der Waals surface area contributed by atoms with E-state index in [2.05, 4.69) is 42.1 Å².